The van der Waals surface area contributed by atoms with Crippen molar-refractivity contribution in [2.24, 2.45) is 0 Å². The van der Waals surface area contributed by atoms with Crippen molar-refractivity contribution in [2.75, 3.05) is 17.3 Å². The van der Waals surface area contributed by atoms with Crippen LogP contribution >= 0.6 is 0 Å². The second-order valence-electron chi connectivity index (χ2n) is 10.4. The minimum Gasteiger partial charge on any atom is -0.321 e. The minimum absolute atomic E-state index is 0.218. The summed E-state index contributed by atoms with van der Waals surface area (Å²) in [5, 5.41) is 11.9. The molecule has 8 heteroatoms. The normalized spacial score (nSPS) is 12.0. The van der Waals surface area contributed by atoms with Gasteiger partial charge >= 0.3 is 0 Å². The molecule has 0 fully saturated rings. The summed E-state index contributed by atoms with van der Waals surface area (Å²) in [5.41, 5.74) is 3.35. The fourth-order valence-corrected chi connectivity index (χ4v) is 3.80. The first kappa shape index (κ1) is 24.2. The average molecular weight is 451 g/mol. The highest BCUT2D eigenvalue weighted by Gasteiger charge is 2.23. The van der Waals surface area contributed by atoms with Gasteiger partial charge in [0.2, 0.25) is 0 Å². The largest absolute Gasteiger partial charge is 0.321 e. The lowest BCUT2D eigenvalue weighted by atomic mass is 10.1. The molecule has 0 atom stereocenters. The molecule has 0 saturated heterocycles. The van der Waals surface area contributed by atoms with Gasteiger partial charge in [-0.1, -0.05) is 6.07 Å². The molecule has 2 amide bonds. The lowest BCUT2D eigenvalue weighted by Crippen LogP contribution is -2.28. The van der Waals surface area contributed by atoms with E-state index in [1.807, 2.05) is 70.8 Å². The molecule has 3 aromatic rings. The molecule has 0 bridgehead atoms. The third-order valence-corrected chi connectivity index (χ3v) is 5.29. The molecule has 0 aliphatic carbocycles. The number of hydrogen-bond donors (Lipinski definition) is 1. The topological polar surface area (TPSA) is 85.1 Å². The lowest BCUT2D eigenvalue weighted by molar-refractivity contribution is 0.0985. The van der Waals surface area contributed by atoms with Crippen LogP contribution in [0.3, 0.4) is 0 Å². The number of hydrogen-bond acceptors (Lipinski definition) is 4. The van der Waals surface area contributed by atoms with Crippen LogP contribution in [0.2, 0.25) is 0 Å². The molecule has 33 heavy (non-hydrogen) atoms. The summed E-state index contributed by atoms with van der Waals surface area (Å²) in [4.78, 5) is 27.4. The monoisotopic (exact) mass is 450 g/mol. The molecule has 3 rings (SSSR count). The summed E-state index contributed by atoms with van der Waals surface area (Å²) < 4.78 is 3.69. The van der Waals surface area contributed by atoms with Crippen molar-refractivity contribution in [3.63, 3.8) is 0 Å². The molecular weight excluding hydrogens is 416 g/mol. The smallest absolute Gasteiger partial charge is 0.278 e. The van der Waals surface area contributed by atoms with E-state index in [1.165, 1.54) is 4.90 Å². The van der Waals surface area contributed by atoms with E-state index >= 15 is 0 Å². The van der Waals surface area contributed by atoms with Crippen molar-refractivity contribution in [3.8, 4) is 0 Å². The van der Waals surface area contributed by atoms with Crippen LogP contribution in [0.15, 0.2) is 36.4 Å². The molecule has 0 saturated carbocycles. The van der Waals surface area contributed by atoms with E-state index in [-0.39, 0.29) is 22.9 Å². The maximum Gasteiger partial charge on any atom is 0.278 e. The van der Waals surface area contributed by atoms with Crippen LogP contribution in [-0.2, 0) is 11.1 Å². The van der Waals surface area contributed by atoms with Crippen molar-refractivity contribution < 1.29 is 9.59 Å². The Labute approximate surface area is 195 Å². The summed E-state index contributed by atoms with van der Waals surface area (Å²) >= 11 is 0. The second-order valence-corrected chi connectivity index (χ2v) is 10.4. The predicted molar refractivity (Wildman–Crippen MR) is 131 cm³/mol. The molecular formula is C25H34N6O2. The van der Waals surface area contributed by atoms with E-state index in [1.54, 1.807) is 37.4 Å². The van der Waals surface area contributed by atoms with Crippen LogP contribution in [0, 0.1) is 13.8 Å². The molecule has 176 valence electrons. The lowest BCUT2D eigenvalue weighted by Gasteiger charge is -2.21. The van der Waals surface area contributed by atoms with E-state index < -0.39 is 0 Å². The summed E-state index contributed by atoms with van der Waals surface area (Å²) in [5.74, 6) is -0.518. The first-order valence-corrected chi connectivity index (χ1v) is 11.0. The molecule has 1 aromatic carbocycles. The Balaban J connectivity index is 1.79. The quantitative estimate of drug-likeness (QED) is 0.622. The Hall–Kier alpha value is -3.42. The number of nitrogens with one attached hydrogen (secondary N) is 1. The molecule has 1 N–H and O–H groups in total. The van der Waals surface area contributed by atoms with Crippen LogP contribution in [-0.4, -0.2) is 38.4 Å². The van der Waals surface area contributed by atoms with Gasteiger partial charge in [0.1, 0.15) is 0 Å². The van der Waals surface area contributed by atoms with Crippen LogP contribution in [0.25, 0.3) is 0 Å². The van der Waals surface area contributed by atoms with Crippen LogP contribution in [0.5, 0.6) is 0 Å². The standard InChI is InChI=1S/C25H34N6O2/c1-16-13-20(27-30(16)24(3,4)5)22(32)26-18-11-10-12-19(15-18)29(9)23(33)21-14-17(2)31(28-21)25(6,7)8/h10-15H,1-9H3,(H,26,32). The van der Waals surface area contributed by atoms with E-state index in [2.05, 4.69) is 15.5 Å². The van der Waals surface area contributed by atoms with Crippen LogP contribution < -0.4 is 10.2 Å². The Kier molecular flexibility index (Phi) is 6.24. The Bertz CT molecular complexity index is 1190. The molecule has 0 aliphatic rings. The van der Waals surface area contributed by atoms with E-state index in [0.717, 1.165) is 11.4 Å². The Morgan fingerprint density at radius 1 is 0.848 bits per heavy atom. The van der Waals surface area contributed by atoms with Crippen LogP contribution in [0.4, 0.5) is 11.4 Å². The fourth-order valence-electron chi connectivity index (χ4n) is 3.80. The first-order valence-electron chi connectivity index (χ1n) is 11.0. The molecule has 0 aliphatic heterocycles. The van der Waals surface area contributed by atoms with Crippen molar-refractivity contribution in [1.29, 1.82) is 0 Å². The van der Waals surface area contributed by atoms with Gasteiger partial charge in [-0.25, -0.2) is 0 Å². The number of carbonyl (C=O) groups is 2. The molecule has 0 radical (unpaired) electrons. The average Bonchev–Trinajstić information content (AvgIpc) is 3.29. The number of aromatic nitrogens is 4. The number of rotatable bonds is 4. The number of carbonyl (C=O) groups excluding carboxylic acids is 2. The second kappa shape index (κ2) is 8.50. The van der Waals surface area contributed by atoms with Gasteiger partial charge in [0.15, 0.2) is 11.4 Å². The zero-order valence-electron chi connectivity index (χ0n) is 21.0. The summed E-state index contributed by atoms with van der Waals surface area (Å²) in [6, 6.07) is 10.7. The predicted octanol–water partition coefficient (Wildman–Crippen LogP) is 4.74. The molecule has 0 spiro atoms. The maximum atomic E-state index is 13.1. The number of benzene rings is 1. The van der Waals surface area contributed by atoms with Crippen molar-refractivity contribution >= 4 is 23.2 Å². The summed E-state index contributed by atoms with van der Waals surface area (Å²) in [7, 11) is 1.70. The van der Waals surface area contributed by atoms with Gasteiger partial charge in [0, 0.05) is 29.8 Å². The van der Waals surface area contributed by atoms with Crippen LogP contribution in [0.1, 0.15) is 73.9 Å². The summed E-state index contributed by atoms with van der Waals surface area (Å²) in [6.45, 7) is 16.1. The number of aryl methyl sites for hydroxylation is 2. The Morgan fingerprint density at radius 3 is 1.88 bits per heavy atom. The third kappa shape index (κ3) is 5.16. The number of anilines is 2. The zero-order chi connectivity index (χ0) is 24.7. The van der Waals surface area contributed by atoms with Crippen molar-refractivity contribution in [2.45, 2.75) is 66.5 Å². The molecule has 2 aromatic heterocycles. The van der Waals surface area contributed by atoms with Gasteiger partial charge in [0.05, 0.1) is 11.1 Å². The molecule has 2 heterocycles. The van der Waals surface area contributed by atoms with E-state index in [0.29, 0.717) is 22.8 Å². The highest BCUT2D eigenvalue weighted by atomic mass is 16.2. The van der Waals surface area contributed by atoms with E-state index in [9.17, 15) is 9.59 Å². The van der Waals surface area contributed by atoms with Gasteiger partial charge in [-0.15, -0.1) is 0 Å². The van der Waals surface area contributed by atoms with Gasteiger partial charge in [-0.3, -0.25) is 19.0 Å². The van der Waals surface area contributed by atoms with Crippen molar-refractivity contribution in [3.05, 3.63) is 59.2 Å². The number of amides is 2. The zero-order valence-corrected chi connectivity index (χ0v) is 21.0. The van der Waals surface area contributed by atoms with Gasteiger partial charge < -0.3 is 10.2 Å². The molecule has 8 nitrogen and oxygen atoms in total. The highest BCUT2D eigenvalue weighted by Crippen LogP contribution is 2.23. The molecule has 0 unspecified atom stereocenters. The highest BCUT2D eigenvalue weighted by molar-refractivity contribution is 6.06. The van der Waals surface area contributed by atoms with Gasteiger partial charge in [0.25, 0.3) is 11.8 Å². The van der Waals surface area contributed by atoms with E-state index in [4.69, 9.17) is 0 Å². The first-order chi connectivity index (χ1) is 15.2. The maximum absolute atomic E-state index is 13.1. The van der Waals surface area contributed by atoms with Crippen molar-refractivity contribution in [1.82, 2.24) is 19.6 Å². The summed E-state index contributed by atoms with van der Waals surface area (Å²) in [6.07, 6.45) is 0. The van der Waals surface area contributed by atoms with Gasteiger partial charge in [-0.2, -0.15) is 10.2 Å². The minimum atomic E-state index is -0.299. The fraction of sp³-hybridized carbons (Fsp3) is 0.440. The Morgan fingerprint density at radius 2 is 1.36 bits per heavy atom. The number of nitrogens with zero attached hydrogens (tertiary/aromatic N) is 5. The van der Waals surface area contributed by atoms with Gasteiger partial charge in [-0.05, 0) is 85.7 Å². The SMILES string of the molecule is Cc1cc(C(=O)Nc2cccc(N(C)C(=O)c3cc(C)n(C(C)(C)C)n3)c2)nn1C(C)(C)C. The third-order valence-electron chi connectivity index (χ3n) is 5.29.